The van der Waals surface area contributed by atoms with Gasteiger partial charge >= 0.3 is 0 Å². The Balaban J connectivity index is 2.89. The van der Waals surface area contributed by atoms with E-state index in [0.29, 0.717) is 5.03 Å². The zero-order valence-corrected chi connectivity index (χ0v) is 8.85. The summed E-state index contributed by atoms with van der Waals surface area (Å²) in [6.07, 6.45) is 1.21. The highest BCUT2D eigenvalue weighted by Gasteiger charge is 2.15. The lowest BCUT2D eigenvalue weighted by molar-refractivity contribution is 0.598. The number of nitrogens with one attached hydrogen (secondary N) is 1. The summed E-state index contributed by atoms with van der Waals surface area (Å²) in [4.78, 5) is 2.92. The van der Waals surface area contributed by atoms with Gasteiger partial charge in [0, 0.05) is 17.2 Å². The van der Waals surface area contributed by atoms with Crippen LogP contribution in [-0.4, -0.2) is 19.7 Å². The van der Waals surface area contributed by atoms with Crippen LogP contribution in [0.25, 0.3) is 10.9 Å². The normalized spacial score (nSPS) is 12.1. The fourth-order valence-corrected chi connectivity index (χ4v) is 2.59. The lowest BCUT2D eigenvalue weighted by Gasteiger charge is -1.94. The van der Waals surface area contributed by atoms with Crippen molar-refractivity contribution in [1.82, 2.24) is 4.98 Å². The van der Waals surface area contributed by atoms with Gasteiger partial charge in [-0.25, -0.2) is 8.42 Å². The minimum atomic E-state index is -3.15. The molecule has 0 aliphatic carbocycles. The molecule has 0 spiro atoms. The smallest absolute Gasteiger partial charge is 0.191 e. The number of aryl methyl sites for hydroxylation is 1. The van der Waals surface area contributed by atoms with Crippen LogP contribution in [0, 0.1) is 6.92 Å². The Bertz CT molecular complexity index is 581. The number of fused-ring (bicyclic) bond motifs is 1. The molecule has 0 atom stereocenters. The molecule has 4 heteroatoms. The van der Waals surface area contributed by atoms with E-state index in [9.17, 15) is 8.42 Å². The molecule has 1 N–H and O–H groups in total. The van der Waals surface area contributed by atoms with Crippen LogP contribution in [0.2, 0.25) is 0 Å². The van der Waals surface area contributed by atoms with Crippen molar-refractivity contribution in [1.29, 1.82) is 0 Å². The number of benzene rings is 1. The molecule has 0 radical (unpaired) electrons. The topological polar surface area (TPSA) is 49.9 Å². The van der Waals surface area contributed by atoms with Crippen LogP contribution >= 0.6 is 0 Å². The fraction of sp³-hybridized carbons (Fsp3) is 0.200. The molecule has 14 heavy (non-hydrogen) atoms. The monoisotopic (exact) mass is 209 g/mol. The molecule has 0 saturated carbocycles. The van der Waals surface area contributed by atoms with E-state index in [1.807, 2.05) is 31.2 Å². The summed E-state index contributed by atoms with van der Waals surface area (Å²) in [5.41, 5.74) is 1.66. The van der Waals surface area contributed by atoms with Gasteiger partial charge in [-0.15, -0.1) is 0 Å². The largest absolute Gasteiger partial charge is 0.345 e. The Morgan fingerprint density at radius 1 is 1.21 bits per heavy atom. The third kappa shape index (κ3) is 1.32. The van der Waals surface area contributed by atoms with Crippen molar-refractivity contribution < 1.29 is 8.42 Å². The van der Waals surface area contributed by atoms with E-state index in [2.05, 4.69) is 4.98 Å². The molecule has 0 aliphatic rings. The zero-order chi connectivity index (χ0) is 10.3. The van der Waals surface area contributed by atoms with Crippen molar-refractivity contribution in [2.24, 2.45) is 0 Å². The van der Waals surface area contributed by atoms with Crippen molar-refractivity contribution in [3.63, 3.8) is 0 Å². The fourth-order valence-electron chi connectivity index (χ4n) is 1.63. The van der Waals surface area contributed by atoms with Crippen LogP contribution in [0.5, 0.6) is 0 Å². The Hall–Kier alpha value is -1.29. The van der Waals surface area contributed by atoms with E-state index in [0.717, 1.165) is 16.5 Å². The van der Waals surface area contributed by atoms with Gasteiger partial charge in [-0.2, -0.15) is 0 Å². The lowest BCUT2D eigenvalue weighted by atomic mass is 10.2. The Kier molecular flexibility index (Phi) is 1.89. The first-order valence-corrected chi connectivity index (χ1v) is 6.16. The maximum atomic E-state index is 11.4. The first kappa shape index (κ1) is 9.27. The maximum absolute atomic E-state index is 11.4. The third-order valence-corrected chi connectivity index (χ3v) is 3.44. The Morgan fingerprint density at radius 2 is 1.86 bits per heavy atom. The average molecular weight is 209 g/mol. The van der Waals surface area contributed by atoms with E-state index >= 15 is 0 Å². The first-order valence-electron chi connectivity index (χ1n) is 4.27. The number of hydrogen-bond acceptors (Lipinski definition) is 2. The molecule has 2 rings (SSSR count). The van der Waals surface area contributed by atoms with Crippen LogP contribution in [0.1, 0.15) is 5.56 Å². The molecule has 0 bridgehead atoms. The van der Waals surface area contributed by atoms with Gasteiger partial charge < -0.3 is 4.98 Å². The summed E-state index contributed by atoms with van der Waals surface area (Å²) >= 11 is 0. The molecular weight excluding hydrogens is 198 g/mol. The lowest BCUT2D eigenvalue weighted by Crippen LogP contribution is -1.98. The van der Waals surface area contributed by atoms with E-state index in [4.69, 9.17) is 0 Å². The second-order valence-corrected chi connectivity index (χ2v) is 5.35. The number of aromatic amines is 1. The molecule has 1 aromatic carbocycles. The summed E-state index contributed by atoms with van der Waals surface area (Å²) in [5.74, 6) is 0. The molecule has 1 heterocycles. The molecule has 2 aromatic rings. The number of H-pyrrole nitrogens is 1. The molecule has 0 saturated heterocycles. The van der Waals surface area contributed by atoms with Gasteiger partial charge in [0.15, 0.2) is 9.84 Å². The van der Waals surface area contributed by atoms with Crippen molar-refractivity contribution in [2.45, 2.75) is 11.9 Å². The number of para-hydroxylation sites is 1. The zero-order valence-electron chi connectivity index (χ0n) is 8.03. The summed E-state index contributed by atoms with van der Waals surface area (Å²) in [7, 11) is -3.15. The van der Waals surface area contributed by atoms with E-state index in [1.165, 1.54) is 6.26 Å². The van der Waals surface area contributed by atoms with Crippen LogP contribution in [0.15, 0.2) is 29.3 Å². The van der Waals surface area contributed by atoms with Gasteiger partial charge in [-0.1, -0.05) is 18.2 Å². The molecule has 3 nitrogen and oxygen atoms in total. The quantitative estimate of drug-likeness (QED) is 0.779. The van der Waals surface area contributed by atoms with Crippen LogP contribution in [-0.2, 0) is 9.84 Å². The maximum Gasteiger partial charge on any atom is 0.191 e. The average Bonchev–Trinajstić information content (AvgIpc) is 2.44. The van der Waals surface area contributed by atoms with Crippen LogP contribution in [0.3, 0.4) is 0 Å². The minimum Gasteiger partial charge on any atom is -0.345 e. The van der Waals surface area contributed by atoms with Crippen molar-refractivity contribution in [3.05, 3.63) is 29.8 Å². The van der Waals surface area contributed by atoms with Gasteiger partial charge in [-0.3, -0.25) is 0 Å². The van der Waals surface area contributed by atoms with Gasteiger partial charge in [-0.05, 0) is 18.6 Å². The first-order chi connectivity index (χ1) is 6.50. The summed E-state index contributed by atoms with van der Waals surface area (Å²) in [5, 5.41) is 1.28. The Morgan fingerprint density at radius 3 is 2.43 bits per heavy atom. The molecule has 0 fully saturated rings. The molecule has 74 valence electrons. The third-order valence-electron chi connectivity index (χ3n) is 2.29. The van der Waals surface area contributed by atoms with Crippen molar-refractivity contribution in [2.75, 3.05) is 6.26 Å². The standard InChI is InChI=1S/C10H11NO2S/c1-7-8-5-3-4-6-9(8)11-10(7)14(2,12)13/h3-6,11H,1-2H3. The number of aromatic nitrogens is 1. The van der Waals surface area contributed by atoms with Gasteiger partial charge in [0.2, 0.25) is 0 Å². The summed E-state index contributed by atoms with van der Waals surface area (Å²) in [6, 6.07) is 7.56. The summed E-state index contributed by atoms with van der Waals surface area (Å²) < 4.78 is 22.8. The second kappa shape index (κ2) is 2.85. The summed E-state index contributed by atoms with van der Waals surface area (Å²) in [6.45, 7) is 1.81. The van der Waals surface area contributed by atoms with Gasteiger partial charge in [0.25, 0.3) is 0 Å². The molecule has 0 aliphatic heterocycles. The van der Waals surface area contributed by atoms with Crippen molar-refractivity contribution >= 4 is 20.7 Å². The molecule has 1 aromatic heterocycles. The molecule has 0 amide bonds. The van der Waals surface area contributed by atoms with E-state index in [-0.39, 0.29) is 0 Å². The van der Waals surface area contributed by atoms with Crippen LogP contribution < -0.4 is 0 Å². The number of rotatable bonds is 1. The SMILES string of the molecule is Cc1c(S(C)(=O)=O)[nH]c2ccccc12. The van der Waals surface area contributed by atoms with Gasteiger partial charge in [0.1, 0.15) is 5.03 Å². The minimum absolute atomic E-state index is 0.318. The van der Waals surface area contributed by atoms with Crippen LogP contribution in [0.4, 0.5) is 0 Å². The second-order valence-electron chi connectivity index (χ2n) is 3.40. The Labute approximate surface area is 82.7 Å². The predicted octanol–water partition coefficient (Wildman–Crippen LogP) is 1.88. The predicted molar refractivity (Wildman–Crippen MR) is 56.1 cm³/mol. The van der Waals surface area contributed by atoms with E-state index < -0.39 is 9.84 Å². The highest BCUT2D eigenvalue weighted by molar-refractivity contribution is 7.90. The van der Waals surface area contributed by atoms with E-state index in [1.54, 1.807) is 0 Å². The molecular formula is C10H11NO2S. The highest BCUT2D eigenvalue weighted by Crippen LogP contribution is 2.24. The number of sulfone groups is 1. The number of hydrogen-bond donors (Lipinski definition) is 1. The highest BCUT2D eigenvalue weighted by atomic mass is 32.2. The van der Waals surface area contributed by atoms with Crippen molar-refractivity contribution in [3.8, 4) is 0 Å². The van der Waals surface area contributed by atoms with Gasteiger partial charge in [0.05, 0.1) is 0 Å². The molecule has 0 unspecified atom stereocenters.